The van der Waals surface area contributed by atoms with Gasteiger partial charge in [-0.3, -0.25) is 9.69 Å². The number of benzene rings is 2. The van der Waals surface area contributed by atoms with Crippen LogP contribution in [0.25, 0.3) is 12.2 Å². The van der Waals surface area contributed by atoms with Gasteiger partial charge in [-0.15, -0.1) is 0 Å². The van der Waals surface area contributed by atoms with Gasteiger partial charge in [0.05, 0.1) is 18.1 Å². The Morgan fingerprint density at radius 1 is 1.08 bits per heavy atom. The van der Waals surface area contributed by atoms with E-state index < -0.39 is 23.9 Å². The quantitative estimate of drug-likeness (QED) is 0.163. The first-order valence-electron chi connectivity index (χ1n) is 10.7. The minimum Gasteiger partial charge on any atom is -0.463 e. The van der Waals surface area contributed by atoms with Crippen molar-refractivity contribution >= 4 is 67.9 Å². The number of carbonyl (C=O) groups is 4. The molecule has 37 heavy (non-hydrogen) atoms. The minimum atomic E-state index is -0.676. The summed E-state index contributed by atoms with van der Waals surface area (Å²) in [6, 6.07) is 14.8. The Balaban J connectivity index is 1.55. The van der Waals surface area contributed by atoms with Gasteiger partial charge >= 0.3 is 18.0 Å². The van der Waals surface area contributed by atoms with E-state index in [0.717, 1.165) is 10.5 Å². The molecule has 188 valence electrons. The van der Waals surface area contributed by atoms with Gasteiger partial charge in [0.2, 0.25) is 5.76 Å². The SMILES string of the molecule is COC(=O)c1ccc(CN2C(=O)N/C(=C/c3cc(Br)cc(Br)c3OC(=O)/C=C/c3ccccc3)C2=O)o1. The van der Waals surface area contributed by atoms with Crippen LogP contribution in [0.15, 0.2) is 79.7 Å². The summed E-state index contributed by atoms with van der Waals surface area (Å²) in [4.78, 5) is 50.5. The number of carbonyl (C=O) groups excluding carboxylic acids is 4. The fourth-order valence-electron chi connectivity index (χ4n) is 3.36. The third-order valence-corrected chi connectivity index (χ3v) is 6.12. The predicted octanol–water partition coefficient (Wildman–Crippen LogP) is 5.30. The van der Waals surface area contributed by atoms with Gasteiger partial charge in [0.1, 0.15) is 11.5 Å². The van der Waals surface area contributed by atoms with Crippen molar-refractivity contribution in [2.24, 2.45) is 0 Å². The van der Waals surface area contributed by atoms with Crippen LogP contribution in [0.4, 0.5) is 4.79 Å². The van der Waals surface area contributed by atoms with Crippen molar-refractivity contribution in [3.05, 3.63) is 98.0 Å². The number of esters is 2. The van der Waals surface area contributed by atoms with E-state index in [-0.39, 0.29) is 29.5 Å². The largest absolute Gasteiger partial charge is 0.463 e. The summed E-state index contributed by atoms with van der Waals surface area (Å²) in [6.07, 6.45) is 4.31. The van der Waals surface area contributed by atoms with E-state index in [1.54, 1.807) is 18.2 Å². The number of amides is 3. The predicted molar refractivity (Wildman–Crippen MR) is 140 cm³/mol. The Kier molecular flexibility index (Phi) is 8.04. The van der Waals surface area contributed by atoms with Crippen LogP contribution in [0, 0.1) is 0 Å². The molecule has 1 aliphatic rings. The van der Waals surface area contributed by atoms with E-state index in [2.05, 4.69) is 41.9 Å². The van der Waals surface area contributed by atoms with E-state index in [0.29, 0.717) is 14.5 Å². The Morgan fingerprint density at radius 2 is 1.84 bits per heavy atom. The number of ether oxygens (including phenoxy) is 2. The molecule has 0 bridgehead atoms. The molecule has 9 nitrogen and oxygen atoms in total. The topological polar surface area (TPSA) is 115 Å². The second kappa shape index (κ2) is 11.4. The minimum absolute atomic E-state index is 0.0353. The molecule has 3 amide bonds. The number of nitrogens with zero attached hydrogens (tertiary/aromatic N) is 1. The molecule has 1 aliphatic heterocycles. The van der Waals surface area contributed by atoms with Gasteiger partial charge in [-0.2, -0.15) is 0 Å². The van der Waals surface area contributed by atoms with Crippen molar-refractivity contribution in [1.29, 1.82) is 0 Å². The van der Waals surface area contributed by atoms with Crippen molar-refractivity contribution in [2.45, 2.75) is 6.54 Å². The van der Waals surface area contributed by atoms with Crippen LogP contribution in [-0.2, 0) is 20.9 Å². The zero-order valence-corrected chi connectivity index (χ0v) is 22.4. The molecule has 1 aromatic heterocycles. The second-order valence-corrected chi connectivity index (χ2v) is 9.38. The number of urea groups is 1. The normalized spacial score (nSPS) is 14.4. The first-order valence-corrected chi connectivity index (χ1v) is 12.3. The van der Waals surface area contributed by atoms with Crippen molar-refractivity contribution in [3.63, 3.8) is 0 Å². The molecule has 3 aromatic rings. The van der Waals surface area contributed by atoms with Crippen molar-refractivity contribution in [1.82, 2.24) is 10.2 Å². The third kappa shape index (κ3) is 6.25. The molecule has 2 heterocycles. The van der Waals surface area contributed by atoms with Crippen LogP contribution >= 0.6 is 31.9 Å². The molecule has 1 N–H and O–H groups in total. The van der Waals surface area contributed by atoms with Gasteiger partial charge in [0, 0.05) is 16.1 Å². The second-order valence-electron chi connectivity index (χ2n) is 7.61. The average Bonchev–Trinajstić information content (AvgIpc) is 3.45. The maximum atomic E-state index is 13.0. The van der Waals surface area contributed by atoms with Crippen LogP contribution in [0.5, 0.6) is 5.75 Å². The maximum absolute atomic E-state index is 13.0. The highest BCUT2D eigenvalue weighted by atomic mass is 79.9. The van der Waals surface area contributed by atoms with Gasteiger partial charge in [-0.25, -0.2) is 14.4 Å². The third-order valence-electron chi connectivity index (χ3n) is 5.08. The van der Waals surface area contributed by atoms with Crippen LogP contribution in [0.1, 0.15) is 27.4 Å². The maximum Gasteiger partial charge on any atom is 0.373 e. The van der Waals surface area contributed by atoms with E-state index in [1.165, 1.54) is 31.4 Å². The van der Waals surface area contributed by atoms with Gasteiger partial charge in [0.15, 0.2) is 5.75 Å². The number of hydrogen-bond acceptors (Lipinski definition) is 7. The summed E-state index contributed by atoms with van der Waals surface area (Å²) in [5.74, 6) is -1.60. The molecule has 1 fully saturated rings. The van der Waals surface area contributed by atoms with Gasteiger partial charge in [-0.05, 0) is 57.9 Å². The number of hydrogen-bond donors (Lipinski definition) is 1. The molecule has 1 saturated heterocycles. The van der Waals surface area contributed by atoms with Gasteiger partial charge in [-0.1, -0.05) is 46.3 Å². The molecular weight excluding hydrogens is 612 g/mol. The Labute approximate surface area is 228 Å². The first kappa shape index (κ1) is 26.1. The Morgan fingerprint density at radius 3 is 2.57 bits per heavy atom. The number of imide groups is 1. The molecule has 0 spiro atoms. The zero-order valence-electron chi connectivity index (χ0n) is 19.2. The number of halogens is 2. The molecule has 11 heteroatoms. The first-order chi connectivity index (χ1) is 17.7. The Hall–Kier alpha value is -3.96. The fraction of sp³-hybridized carbons (Fsp3) is 0.0769. The molecule has 4 rings (SSSR count). The highest BCUT2D eigenvalue weighted by Crippen LogP contribution is 2.35. The summed E-state index contributed by atoms with van der Waals surface area (Å²) < 4.78 is 16.6. The van der Waals surface area contributed by atoms with E-state index in [4.69, 9.17) is 9.15 Å². The molecule has 0 radical (unpaired) electrons. The summed E-state index contributed by atoms with van der Waals surface area (Å²) >= 11 is 6.76. The summed E-state index contributed by atoms with van der Waals surface area (Å²) in [5, 5.41) is 2.51. The standard InChI is InChI=1S/C26H18Br2N2O7/c1-35-25(33)21-9-8-18(36-21)14-30-24(32)20(29-26(30)34)12-16-11-17(27)13-19(28)23(16)37-22(31)10-7-15-5-3-2-4-6-15/h2-13H,14H2,1H3,(H,29,34)/b10-7+,20-12+. The fourth-order valence-corrected chi connectivity index (χ4v) is 4.70. The van der Waals surface area contributed by atoms with Crippen molar-refractivity contribution in [3.8, 4) is 5.75 Å². The van der Waals surface area contributed by atoms with Gasteiger partial charge < -0.3 is 19.2 Å². The van der Waals surface area contributed by atoms with Crippen LogP contribution in [-0.4, -0.2) is 35.9 Å². The lowest BCUT2D eigenvalue weighted by molar-refractivity contribution is -0.129. The van der Waals surface area contributed by atoms with Crippen LogP contribution in [0.3, 0.4) is 0 Å². The molecule has 0 saturated carbocycles. The monoisotopic (exact) mass is 628 g/mol. The lowest BCUT2D eigenvalue weighted by atomic mass is 10.1. The highest BCUT2D eigenvalue weighted by molar-refractivity contribution is 9.11. The molecular formula is C26H18Br2N2O7. The number of nitrogens with one attached hydrogen (secondary N) is 1. The van der Waals surface area contributed by atoms with Crippen LogP contribution < -0.4 is 10.1 Å². The molecule has 0 unspecified atom stereocenters. The zero-order chi connectivity index (χ0) is 26.5. The van der Waals surface area contributed by atoms with Gasteiger partial charge in [0.25, 0.3) is 5.91 Å². The molecule has 0 atom stereocenters. The van der Waals surface area contributed by atoms with Crippen molar-refractivity contribution in [2.75, 3.05) is 7.11 Å². The van der Waals surface area contributed by atoms with E-state index in [1.807, 2.05) is 30.3 Å². The number of furan rings is 1. The molecule has 2 aromatic carbocycles. The number of methoxy groups -OCH3 is 1. The van der Waals surface area contributed by atoms with Crippen LogP contribution in [0.2, 0.25) is 0 Å². The van der Waals surface area contributed by atoms with Crippen molar-refractivity contribution < 1.29 is 33.1 Å². The average molecular weight is 630 g/mol. The summed E-state index contributed by atoms with van der Waals surface area (Å²) in [5.41, 5.74) is 1.15. The smallest absolute Gasteiger partial charge is 0.373 e. The number of rotatable bonds is 7. The lowest BCUT2D eigenvalue weighted by Crippen LogP contribution is -2.30. The lowest BCUT2D eigenvalue weighted by Gasteiger charge is -2.10. The highest BCUT2D eigenvalue weighted by Gasteiger charge is 2.34. The van der Waals surface area contributed by atoms with E-state index in [9.17, 15) is 19.2 Å². The summed E-state index contributed by atoms with van der Waals surface area (Å²) in [6.45, 7) is -0.201. The molecule has 0 aliphatic carbocycles. The summed E-state index contributed by atoms with van der Waals surface area (Å²) in [7, 11) is 1.21. The Bertz CT molecular complexity index is 1440. The van der Waals surface area contributed by atoms with E-state index >= 15 is 0 Å².